The number of sulfone groups is 1. The first-order valence-electron chi connectivity index (χ1n) is 2.89. The fourth-order valence-corrected chi connectivity index (χ4v) is 4.14. The van der Waals surface area contributed by atoms with Gasteiger partial charge in [-0.15, -0.1) is 0 Å². The number of rotatable bonds is 1. The normalized spacial score (nSPS) is 32.1. The summed E-state index contributed by atoms with van der Waals surface area (Å²) in [5, 5.41) is 0. The summed E-state index contributed by atoms with van der Waals surface area (Å²) < 4.78 is 31.9. The van der Waals surface area contributed by atoms with Crippen LogP contribution in [-0.2, 0) is 14.4 Å². The molecule has 6 heteroatoms. The standard InChI is InChI=1S/C4H7O4PS/c5-9(6)4-2-1-3-10(4,7)8/h4H,1-3H2. The average molecular weight is 182 g/mol. The molecule has 0 aromatic rings. The molecule has 0 radical (unpaired) electrons. The SMILES string of the molecule is O=[P+]([O-])C1CCCS1(=O)=O. The first-order valence-corrected chi connectivity index (χ1v) is 5.85. The molecule has 0 spiro atoms. The highest BCUT2D eigenvalue weighted by atomic mass is 32.2. The average Bonchev–Trinajstić information content (AvgIpc) is 2.08. The lowest BCUT2D eigenvalue weighted by Gasteiger charge is -1.96. The molecule has 1 fully saturated rings. The summed E-state index contributed by atoms with van der Waals surface area (Å²) in [6, 6.07) is 0. The highest BCUT2D eigenvalue weighted by Gasteiger charge is 2.40. The molecule has 0 aromatic carbocycles. The van der Waals surface area contributed by atoms with Crippen molar-refractivity contribution in [1.82, 2.24) is 0 Å². The maximum absolute atomic E-state index is 10.8. The summed E-state index contributed by atoms with van der Waals surface area (Å²) in [5.74, 6) is 0.0288. The van der Waals surface area contributed by atoms with Crippen LogP contribution in [0.25, 0.3) is 0 Å². The predicted octanol–water partition coefficient (Wildman–Crippen LogP) is -0.376. The van der Waals surface area contributed by atoms with Gasteiger partial charge in [-0.3, -0.25) is 0 Å². The molecule has 0 aliphatic carbocycles. The van der Waals surface area contributed by atoms with E-state index in [-0.39, 0.29) is 12.2 Å². The van der Waals surface area contributed by atoms with Gasteiger partial charge < -0.3 is 4.89 Å². The molecule has 0 amide bonds. The Morgan fingerprint density at radius 1 is 1.50 bits per heavy atom. The van der Waals surface area contributed by atoms with Gasteiger partial charge in [-0.05, 0) is 6.42 Å². The zero-order valence-electron chi connectivity index (χ0n) is 5.19. The van der Waals surface area contributed by atoms with Crippen molar-refractivity contribution >= 4 is 17.9 Å². The van der Waals surface area contributed by atoms with E-state index in [9.17, 15) is 17.9 Å². The molecule has 0 saturated carbocycles. The first-order chi connectivity index (χ1) is 4.54. The molecule has 10 heavy (non-hydrogen) atoms. The van der Waals surface area contributed by atoms with Crippen LogP contribution < -0.4 is 4.89 Å². The number of hydrogen-bond donors (Lipinski definition) is 0. The first kappa shape index (κ1) is 8.11. The lowest BCUT2D eigenvalue weighted by atomic mass is 10.4. The van der Waals surface area contributed by atoms with E-state index in [1.807, 2.05) is 0 Å². The van der Waals surface area contributed by atoms with Crippen molar-refractivity contribution < 1.29 is 17.9 Å². The van der Waals surface area contributed by atoms with E-state index in [0.29, 0.717) is 6.42 Å². The summed E-state index contributed by atoms with van der Waals surface area (Å²) >= 11 is 0. The maximum atomic E-state index is 10.8. The van der Waals surface area contributed by atoms with Crippen LogP contribution in [0.5, 0.6) is 0 Å². The molecular formula is C4H7O4PS. The number of hydrogen-bond acceptors (Lipinski definition) is 4. The zero-order chi connectivity index (χ0) is 7.78. The minimum absolute atomic E-state index is 0.0288. The Bertz CT molecular complexity index is 244. The summed E-state index contributed by atoms with van der Waals surface area (Å²) in [4.78, 5) is 9.18. The van der Waals surface area contributed by atoms with Gasteiger partial charge in [0.25, 0.3) is 4.99 Å². The molecule has 0 aromatic heterocycles. The van der Waals surface area contributed by atoms with Crippen LogP contribution >= 0.6 is 8.03 Å². The monoisotopic (exact) mass is 182 g/mol. The molecule has 1 heterocycles. The van der Waals surface area contributed by atoms with Crippen LogP contribution in [0, 0.1) is 0 Å². The Balaban J connectivity index is 2.90. The Kier molecular flexibility index (Phi) is 2.08. The molecule has 0 N–H and O–H groups in total. The van der Waals surface area contributed by atoms with Crippen molar-refractivity contribution in [2.75, 3.05) is 5.75 Å². The van der Waals surface area contributed by atoms with E-state index < -0.39 is 22.9 Å². The second-order valence-electron chi connectivity index (χ2n) is 2.25. The molecular weight excluding hydrogens is 175 g/mol. The molecule has 58 valence electrons. The summed E-state index contributed by atoms with van der Waals surface area (Å²) in [7, 11) is -6.06. The van der Waals surface area contributed by atoms with Gasteiger partial charge in [0.15, 0.2) is 9.84 Å². The third kappa shape index (κ3) is 1.36. The van der Waals surface area contributed by atoms with E-state index in [1.165, 1.54) is 0 Å². The van der Waals surface area contributed by atoms with Crippen molar-refractivity contribution in [2.45, 2.75) is 17.8 Å². The Morgan fingerprint density at radius 3 is 2.30 bits per heavy atom. The van der Waals surface area contributed by atoms with Gasteiger partial charge in [-0.1, -0.05) is 4.57 Å². The summed E-state index contributed by atoms with van der Waals surface area (Å²) in [6.45, 7) is 0. The Hall–Kier alpha value is 0.01000. The van der Waals surface area contributed by atoms with Gasteiger partial charge in [0.1, 0.15) is 0 Å². The van der Waals surface area contributed by atoms with Crippen LogP contribution in [0.3, 0.4) is 0 Å². The molecule has 1 aliphatic heterocycles. The van der Waals surface area contributed by atoms with E-state index in [2.05, 4.69) is 0 Å². The molecule has 4 nitrogen and oxygen atoms in total. The fourth-order valence-electron chi connectivity index (χ4n) is 1.01. The van der Waals surface area contributed by atoms with Crippen molar-refractivity contribution in [1.29, 1.82) is 0 Å². The topological polar surface area (TPSA) is 74.3 Å². The highest BCUT2D eigenvalue weighted by molar-refractivity contribution is 7.97. The van der Waals surface area contributed by atoms with Crippen molar-refractivity contribution in [3.8, 4) is 0 Å². The van der Waals surface area contributed by atoms with Gasteiger partial charge in [0, 0.05) is 6.42 Å². The third-order valence-corrected chi connectivity index (χ3v) is 5.66. The third-order valence-electron chi connectivity index (χ3n) is 1.53. The van der Waals surface area contributed by atoms with Crippen LogP contribution in [0.2, 0.25) is 0 Å². The quantitative estimate of drug-likeness (QED) is 0.518. The van der Waals surface area contributed by atoms with Gasteiger partial charge in [-0.25, -0.2) is 8.42 Å². The summed E-state index contributed by atoms with van der Waals surface area (Å²) in [5.41, 5.74) is 0. The lowest BCUT2D eigenvalue weighted by Crippen LogP contribution is -2.15. The summed E-state index contributed by atoms with van der Waals surface area (Å²) in [6.07, 6.45) is 0.761. The van der Waals surface area contributed by atoms with Crippen LogP contribution in [-0.4, -0.2) is 19.2 Å². The lowest BCUT2D eigenvalue weighted by molar-refractivity contribution is -0.165. The van der Waals surface area contributed by atoms with E-state index in [0.717, 1.165) is 0 Å². The van der Waals surface area contributed by atoms with Crippen molar-refractivity contribution in [3.05, 3.63) is 0 Å². The van der Waals surface area contributed by atoms with Crippen molar-refractivity contribution in [2.24, 2.45) is 0 Å². The van der Waals surface area contributed by atoms with Gasteiger partial charge in [-0.2, -0.15) is 0 Å². The second-order valence-corrected chi connectivity index (χ2v) is 6.10. The Labute approximate surface area is 60.0 Å². The highest BCUT2D eigenvalue weighted by Crippen LogP contribution is 2.33. The van der Waals surface area contributed by atoms with Crippen molar-refractivity contribution in [3.63, 3.8) is 0 Å². The minimum Gasteiger partial charge on any atom is -0.595 e. The van der Waals surface area contributed by atoms with E-state index in [4.69, 9.17) is 0 Å². The predicted molar refractivity (Wildman–Crippen MR) is 34.4 cm³/mol. The van der Waals surface area contributed by atoms with Gasteiger partial charge in [0.05, 0.1) is 5.75 Å². The molecule has 1 aliphatic rings. The van der Waals surface area contributed by atoms with E-state index >= 15 is 0 Å². The largest absolute Gasteiger partial charge is 0.595 e. The molecule has 2 unspecified atom stereocenters. The zero-order valence-corrected chi connectivity index (χ0v) is 6.90. The van der Waals surface area contributed by atoms with E-state index in [1.54, 1.807) is 0 Å². The second kappa shape index (κ2) is 2.57. The molecule has 1 rings (SSSR count). The smallest absolute Gasteiger partial charge is 0.328 e. The fraction of sp³-hybridized carbons (Fsp3) is 1.00. The molecule has 2 atom stereocenters. The molecule has 0 bridgehead atoms. The van der Waals surface area contributed by atoms with Gasteiger partial charge >= 0.3 is 8.03 Å². The van der Waals surface area contributed by atoms with Crippen LogP contribution in [0.4, 0.5) is 0 Å². The van der Waals surface area contributed by atoms with Crippen LogP contribution in [0.1, 0.15) is 12.8 Å². The minimum atomic E-state index is -3.28. The maximum Gasteiger partial charge on any atom is 0.328 e. The molecule has 1 saturated heterocycles. The van der Waals surface area contributed by atoms with Crippen LogP contribution in [0.15, 0.2) is 0 Å². The Morgan fingerprint density at radius 2 is 2.10 bits per heavy atom. The van der Waals surface area contributed by atoms with Gasteiger partial charge in [0.2, 0.25) is 0 Å².